The fourth-order valence-corrected chi connectivity index (χ4v) is 4.79. The molecule has 1 unspecified atom stereocenters. The lowest BCUT2D eigenvalue weighted by atomic mass is 10.1. The van der Waals surface area contributed by atoms with Gasteiger partial charge >= 0.3 is 5.97 Å². The molecule has 7 heteroatoms. The number of carbonyl (C=O) groups excluding carboxylic acids is 1. The molecule has 33 heavy (non-hydrogen) atoms. The number of hydrogen-bond donors (Lipinski definition) is 0. The summed E-state index contributed by atoms with van der Waals surface area (Å²) in [4.78, 5) is 14.9. The van der Waals surface area contributed by atoms with Crippen molar-refractivity contribution in [1.29, 1.82) is 0 Å². The Kier molecular flexibility index (Phi) is 9.54. The van der Waals surface area contributed by atoms with Crippen LogP contribution in [0, 0.1) is 6.92 Å². The zero-order chi connectivity index (χ0) is 23.6. The summed E-state index contributed by atoms with van der Waals surface area (Å²) in [6.45, 7) is 4.36. The molecule has 0 saturated heterocycles. The Bertz CT molecular complexity index is 1070. The van der Waals surface area contributed by atoms with Gasteiger partial charge in [0, 0.05) is 9.79 Å². The van der Waals surface area contributed by atoms with E-state index in [9.17, 15) is 13.6 Å². The molecule has 0 fully saturated rings. The Labute approximate surface area is 202 Å². The average molecular weight is 483 g/mol. The van der Waals surface area contributed by atoms with Gasteiger partial charge in [-0.15, -0.1) is 0 Å². The van der Waals surface area contributed by atoms with Crippen LogP contribution < -0.4 is 4.31 Å². The zero-order valence-electron chi connectivity index (χ0n) is 18.9. The first-order valence-corrected chi connectivity index (χ1v) is 12.8. The van der Waals surface area contributed by atoms with Crippen molar-refractivity contribution in [3.63, 3.8) is 0 Å². The summed E-state index contributed by atoms with van der Waals surface area (Å²) in [5.41, 5.74) is 1.95. The second kappa shape index (κ2) is 12.6. The average Bonchev–Trinajstić information content (AvgIpc) is 2.81. The lowest BCUT2D eigenvalue weighted by Gasteiger charge is -2.28. The van der Waals surface area contributed by atoms with Crippen LogP contribution in [0.3, 0.4) is 0 Å². The van der Waals surface area contributed by atoms with Crippen molar-refractivity contribution in [2.24, 2.45) is 0 Å². The highest BCUT2D eigenvalue weighted by atomic mass is 32.2. The van der Waals surface area contributed by atoms with Gasteiger partial charge in [-0.1, -0.05) is 73.8 Å². The van der Waals surface area contributed by atoms with Gasteiger partial charge in [0.1, 0.15) is 0 Å². The Morgan fingerprint density at radius 2 is 1.70 bits per heavy atom. The summed E-state index contributed by atoms with van der Waals surface area (Å²) in [5.74, 6) is -0.528. The van der Waals surface area contributed by atoms with Gasteiger partial charge in [0.25, 0.3) is 0 Å². The number of esters is 1. The van der Waals surface area contributed by atoms with E-state index >= 15 is 0 Å². The fourth-order valence-electron chi connectivity index (χ4n) is 3.30. The predicted molar refractivity (Wildman–Crippen MR) is 134 cm³/mol. The van der Waals surface area contributed by atoms with Crippen molar-refractivity contribution in [2.75, 3.05) is 10.9 Å². The molecule has 174 valence electrons. The highest BCUT2D eigenvalue weighted by Crippen LogP contribution is 2.35. The molecule has 0 N–H and O–H groups in total. The van der Waals surface area contributed by atoms with Crippen LogP contribution in [-0.2, 0) is 16.0 Å². The topological polar surface area (TPSA) is 69.7 Å². The van der Waals surface area contributed by atoms with Crippen molar-refractivity contribution < 1.29 is 18.3 Å². The number of ether oxygens (including phenoxy) is 1. The Hall–Kier alpha value is -2.61. The van der Waals surface area contributed by atoms with Crippen molar-refractivity contribution in [1.82, 2.24) is 0 Å². The van der Waals surface area contributed by atoms with Crippen molar-refractivity contribution in [3.05, 3.63) is 83.9 Å². The molecule has 0 bridgehead atoms. The van der Waals surface area contributed by atoms with Crippen molar-refractivity contribution in [2.45, 2.75) is 49.3 Å². The van der Waals surface area contributed by atoms with Gasteiger partial charge < -0.3 is 9.29 Å². The van der Waals surface area contributed by atoms with Crippen LogP contribution in [0.4, 0.5) is 11.4 Å². The van der Waals surface area contributed by atoms with Gasteiger partial charge in [-0.2, -0.15) is 0 Å². The van der Waals surface area contributed by atoms with Gasteiger partial charge in [0.05, 0.1) is 34.8 Å². The van der Waals surface area contributed by atoms with E-state index in [4.69, 9.17) is 4.74 Å². The highest BCUT2D eigenvalue weighted by molar-refractivity contribution is 7.99. The molecule has 0 amide bonds. The SMILES string of the molecule is CCCCCCOC(=O)c1cc(Sc2ccccc2)ccc1N(c1ccc(C)cc1)S(=O)[O-]. The molecule has 1 atom stereocenters. The summed E-state index contributed by atoms with van der Waals surface area (Å²) in [6.07, 6.45) is 3.95. The van der Waals surface area contributed by atoms with Crippen molar-refractivity contribution in [3.8, 4) is 0 Å². The van der Waals surface area contributed by atoms with E-state index in [1.807, 2.05) is 55.5 Å². The molecule has 0 spiro atoms. The van der Waals surface area contributed by atoms with Gasteiger partial charge in [-0.3, -0.25) is 8.51 Å². The molecule has 3 rings (SSSR count). The minimum atomic E-state index is -2.62. The number of rotatable bonds is 11. The van der Waals surface area contributed by atoms with Gasteiger partial charge in [-0.05, 0) is 55.8 Å². The minimum Gasteiger partial charge on any atom is -0.755 e. The standard InChI is InChI=1S/C26H29NO4S2/c1-3-4-5-9-18-31-26(28)24-19-23(32-22-10-7-6-8-11-22)16-17-25(24)27(33(29)30)21-14-12-20(2)13-15-21/h6-8,10-17,19H,3-5,9,18H2,1-2H3,(H,29,30)/p-1. The molecule has 0 heterocycles. The van der Waals surface area contributed by atoms with E-state index in [0.717, 1.165) is 45.3 Å². The third kappa shape index (κ3) is 7.19. The quantitative estimate of drug-likeness (QED) is 0.170. The van der Waals surface area contributed by atoms with Gasteiger partial charge in [0.15, 0.2) is 0 Å². The lowest BCUT2D eigenvalue weighted by molar-refractivity contribution is 0.0498. The van der Waals surface area contributed by atoms with Crippen molar-refractivity contribution >= 4 is 40.4 Å². The molecule has 0 aliphatic carbocycles. The van der Waals surface area contributed by atoms with E-state index in [-0.39, 0.29) is 11.3 Å². The lowest BCUT2D eigenvalue weighted by Crippen LogP contribution is -2.22. The molecule has 0 aliphatic rings. The highest BCUT2D eigenvalue weighted by Gasteiger charge is 2.21. The summed E-state index contributed by atoms with van der Waals surface area (Å²) in [6, 6.07) is 22.1. The third-order valence-corrected chi connectivity index (χ3v) is 6.74. The normalized spacial score (nSPS) is 11.7. The Morgan fingerprint density at radius 1 is 0.970 bits per heavy atom. The number of carbonyl (C=O) groups is 1. The molecular formula is C26H28NO4S2-. The summed E-state index contributed by atoms with van der Waals surface area (Å²) < 4.78 is 31.1. The van der Waals surface area contributed by atoms with E-state index in [0.29, 0.717) is 12.3 Å². The maximum Gasteiger partial charge on any atom is 0.340 e. The number of anilines is 2. The molecular weight excluding hydrogens is 454 g/mol. The van der Waals surface area contributed by atoms with Gasteiger partial charge in [0.2, 0.25) is 0 Å². The van der Waals surface area contributed by atoms with Crippen LogP contribution in [0.2, 0.25) is 0 Å². The first kappa shape index (κ1) is 25.0. The van der Waals surface area contributed by atoms with Crippen LogP contribution in [0.15, 0.2) is 82.6 Å². The van der Waals surface area contributed by atoms with Crippen LogP contribution in [0.5, 0.6) is 0 Å². The molecule has 3 aromatic carbocycles. The number of aryl methyl sites for hydroxylation is 1. The predicted octanol–water partition coefficient (Wildman–Crippen LogP) is 6.82. The van der Waals surface area contributed by atoms with Crippen LogP contribution in [0.1, 0.15) is 48.5 Å². The van der Waals surface area contributed by atoms with Crippen LogP contribution in [0.25, 0.3) is 0 Å². The fraction of sp³-hybridized carbons (Fsp3) is 0.269. The maximum atomic E-state index is 13.1. The van der Waals surface area contributed by atoms with E-state index in [1.165, 1.54) is 11.8 Å². The molecule has 3 aromatic rings. The Balaban J connectivity index is 1.95. The summed E-state index contributed by atoms with van der Waals surface area (Å²) >= 11 is -1.12. The van der Waals surface area contributed by atoms with Crippen LogP contribution in [-0.4, -0.2) is 21.3 Å². The second-order valence-corrected chi connectivity index (χ2v) is 9.58. The summed E-state index contributed by atoms with van der Waals surface area (Å²) in [7, 11) is 0. The number of unbranched alkanes of at least 4 members (excludes halogenated alkanes) is 3. The summed E-state index contributed by atoms with van der Waals surface area (Å²) in [5, 5.41) is 0. The van der Waals surface area contributed by atoms with Crippen LogP contribution >= 0.6 is 11.8 Å². The maximum absolute atomic E-state index is 13.1. The first-order chi connectivity index (χ1) is 16.0. The number of nitrogens with zero attached hydrogens (tertiary/aromatic N) is 1. The first-order valence-electron chi connectivity index (χ1n) is 11.0. The largest absolute Gasteiger partial charge is 0.755 e. The zero-order valence-corrected chi connectivity index (χ0v) is 20.5. The monoisotopic (exact) mass is 482 g/mol. The minimum absolute atomic E-state index is 0.219. The van der Waals surface area contributed by atoms with E-state index in [2.05, 4.69) is 6.92 Å². The molecule has 0 aromatic heterocycles. The van der Waals surface area contributed by atoms with E-state index < -0.39 is 17.2 Å². The third-order valence-electron chi connectivity index (χ3n) is 5.03. The molecule has 5 nitrogen and oxygen atoms in total. The molecule has 0 radical (unpaired) electrons. The van der Waals surface area contributed by atoms with E-state index in [1.54, 1.807) is 24.3 Å². The number of hydrogen-bond acceptors (Lipinski definition) is 5. The molecule has 0 saturated carbocycles. The smallest absolute Gasteiger partial charge is 0.340 e. The second-order valence-electron chi connectivity index (χ2n) is 7.64. The number of benzene rings is 3. The molecule has 0 aliphatic heterocycles. The van der Waals surface area contributed by atoms with Gasteiger partial charge in [-0.25, -0.2) is 4.79 Å². The Morgan fingerprint density at radius 3 is 2.36 bits per heavy atom.